The SMILES string of the molecule is Cc1cccc(C(=O)CCCC(C)C)c1Cl. The number of ketones is 1. The van der Waals surface area contributed by atoms with Crippen molar-refractivity contribution in [3.63, 3.8) is 0 Å². The number of aryl methyl sites for hydroxylation is 1. The maximum Gasteiger partial charge on any atom is 0.164 e. The summed E-state index contributed by atoms with van der Waals surface area (Å²) in [7, 11) is 0. The van der Waals surface area contributed by atoms with Gasteiger partial charge in [0.15, 0.2) is 5.78 Å². The summed E-state index contributed by atoms with van der Waals surface area (Å²) in [6.07, 6.45) is 2.64. The Hall–Kier alpha value is -0.820. The first-order valence-corrected chi connectivity index (χ1v) is 6.18. The highest BCUT2D eigenvalue weighted by Gasteiger charge is 2.11. The first-order chi connectivity index (χ1) is 7.52. The van der Waals surface area contributed by atoms with Crippen molar-refractivity contribution >= 4 is 17.4 Å². The van der Waals surface area contributed by atoms with E-state index in [1.54, 1.807) is 0 Å². The lowest BCUT2D eigenvalue weighted by molar-refractivity contribution is 0.0978. The van der Waals surface area contributed by atoms with Crippen LogP contribution >= 0.6 is 11.6 Å². The van der Waals surface area contributed by atoms with E-state index < -0.39 is 0 Å². The second-order valence-electron chi connectivity index (χ2n) is 4.65. The quantitative estimate of drug-likeness (QED) is 0.682. The van der Waals surface area contributed by atoms with Crippen LogP contribution in [0, 0.1) is 12.8 Å². The molecule has 16 heavy (non-hydrogen) atoms. The number of Topliss-reactive ketones (excluding diaryl/α,β-unsaturated/α-hetero) is 1. The van der Waals surface area contributed by atoms with Gasteiger partial charge in [-0.3, -0.25) is 4.79 Å². The first kappa shape index (κ1) is 13.2. The minimum Gasteiger partial charge on any atom is -0.294 e. The molecule has 88 valence electrons. The fraction of sp³-hybridized carbons (Fsp3) is 0.500. The molecule has 0 aliphatic rings. The number of rotatable bonds is 5. The Morgan fingerprint density at radius 1 is 1.38 bits per heavy atom. The van der Waals surface area contributed by atoms with Gasteiger partial charge >= 0.3 is 0 Å². The summed E-state index contributed by atoms with van der Waals surface area (Å²) >= 11 is 6.11. The summed E-state index contributed by atoms with van der Waals surface area (Å²) < 4.78 is 0. The Kier molecular flexibility index (Phi) is 5.01. The van der Waals surface area contributed by atoms with Gasteiger partial charge in [0.2, 0.25) is 0 Å². The van der Waals surface area contributed by atoms with E-state index in [4.69, 9.17) is 11.6 Å². The number of halogens is 1. The fourth-order valence-electron chi connectivity index (χ4n) is 1.67. The average Bonchev–Trinajstić information content (AvgIpc) is 2.21. The predicted molar refractivity (Wildman–Crippen MR) is 69.2 cm³/mol. The van der Waals surface area contributed by atoms with Crippen molar-refractivity contribution in [2.24, 2.45) is 5.92 Å². The fourth-order valence-corrected chi connectivity index (χ4v) is 1.90. The van der Waals surface area contributed by atoms with Crippen molar-refractivity contribution in [3.05, 3.63) is 34.3 Å². The smallest absolute Gasteiger partial charge is 0.164 e. The zero-order valence-corrected chi connectivity index (χ0v) is 11.0. The van der Waals surface area contributed by atoms with Gasteiger partial charge in [0.1, 0.15) is 0 Å². The topological polar surface area (TPSA) is 17.1 Å². The molecule has 0 aliphatic heterocycles. The van der Waals surface area contributed by atoms with E-state index in [0.29, 0.717) is 22.9 Å². The zero-order chi connectivity index (χ0) is 12.1. The standard InChI is InChI=1S/C14H19ClO/c1-10(2)6-4-9-13(16)12-8-5-7-11(3)14(12)15/h5,7-8,10H,4,6,9H2,1-3H3. The Morgan fingerprint density at radius 3 is 2.69 bits per heavy atom. The largest absolute Gasteiger partial charge is 0.294 e. The van der Waals surface area contributed by atoms with Crippen LogP contribution in [0.5, 0.6) is 0 Å². The molecule has 1 aromatic rings. The summed E-state index contributed by atoms with van der Waals surface area (Å²) in [5.74, 6) is 0.815. The van der Waals surface area contributed by atoms with Crippen molar-refractivity contribution < 1.29 is 4.79 Å². The molecule has 0 heterocycles. The highest BCUT2D eigenvalue weighted by molar-refractivity contribution is 6.34. The predicted octanol–water partition coefficient (Wildman–Crippen LogP) is 4.66. The van der Waals surface area contributed by atoms with Gasteiger partial charge in [-0.25, -0.2) is 0 Å². The normalized spacial score (nSPS) is 10.8. The van der Waals surface area contributed by atoms with Gasteiger partial charge in [-0.1, -0.05) is 44.0 Å². The maximum absolute atomic E-state index is 11.9. The molecule has 0 aliphatic carbocycles. The number of carbonyl (C=O) groups excluding carboxylic acids is 1. The molecule has 1 aromatic carbocycles. The molecular formula is C14H19ClO. The van der Waals surface area contributed by atoms with Crippen LogP contribution in [0.4, 0.5) is 0 Å². The average molecular weight is 239 g/mol. The number of benzene rings is 1. The lowest BCUT2D eigenvalue weighted by Gasteiger charge is -2.07. The molecule has 0 saturated heterocycles. The lowest BCUT2D eigenvalue weighted by Crippen LogP contribution is -2.01. The van der Waals surface area contributed by atoms with Gasteiger partial charge in [-0.05, 0) is 30.9 Å². The van der Waals surface area contributed by atoms with Gasteiger partial charge in [0, 0.05) is 12.0 Å². The van der Waals surface area contributed by atoms with E-state index >= 15 is 0 Å². The van der Waals surface area contributed by atoms with Crippen molar-refractivity contribution in [3.8, 4) is 0 Å². The van der Waals surface area contributed by atoms with E-state index in [1.165, 1.54) is 0 Å². The van der Waals surface area contributed by atoms with E-state index in [0.717, 1.165) is 18.4 Å². The third-order valence-electron chi connectivity index (χ3n) is 2.68. The molecule has 0 aromatic heterocycles. The first-order valence-electron chi connectivity index (χ1n) is 5.80. The van der Waals surface area contributed by atoms with Crippen LogP contribution in [0.2, 0.25) is 5.02 Å². The second-order valence-corrected chi connectivity index (χ2v) is 5.02. The number of carbonyl (C=O) groups is 1. The lowest BCUT2D eigenvalue weighted by atomic mass is 10.0. The molecular weight excluding hydrogens is 220 g/mol. The third-order valence-corrected chi connectivity index (χ3v) is 3.18. The van der Waals surface area contributed by atoms with Gasteiger partial charge in [0.25, 0.3) is 0 Å². The van der Waals surface area contributed by atoms with Crippen LogP contribution in [0.3, 0.4) is 0 Å². The molecule has 0 spiro atoms. The van der Waals surface area contributed by atoms with Crippen molar-refractivity contribution in [1.82, 2.24) is 0 Å². The molecule has 0 saturated carbocycles. The Balaban J connectivity index is 2.63. The van der Waals surface area contributed by atoms with Crippen LogP contribution in [0.25, 0.3) is 0 Å². The molecule has 0 radical (unpaired) electrons. The number of hydrogen-bond acceptors (Lipinski definition) is 1. The minimum atomic E-state index is 0.161. The molecule has 1 rings (SSSR count). The molecule has 0 fully saturated rings. The molecule has 2 heteroatoms. The molecule has 0 bridgehead atoms. The molecule has 0 amide bonds. The van der Waals surface area contributed by atoms with Crippen LogP contribution in [-0.4, -0.2) is 5.78 Å². The highest BCUT2D eigenvalue weighted by atomic mass is 35.5. The molecule has 0 atom stereocenters. The Labute approximate surface area is 103 Å². The molecule has 1 nitrogen and oxygen atoms in total. The third kappa shape index (κ3) is 3.64. The second kappa shape index (κ2) is 6.05. The van der Waals surface area contributed by atoms with E-state index in [-0.39, 0.29) is 5.78 Å². The molecule has 0 unspecified atom stereocenters. The molecule has 0 N–H and O–H groups in total. The number of hydrogen-bond donors (Lipinski definition) is 0. The van der Waals surface area contributed by atoms with Gasteiger partial charge in [-0.2, -0.15) is 0 Å². The van der Waals surface area contributed by atoms with Crippen LogP contribution in [0.1, 0.15) is 49.0 Å². The van der Waals surface area contributed by atoms with Crippen LogP contribution < -0.4 is 0 Å². The summed E-state index contributed by atoms with van der Waals surface area (Å²) in [6, 6.07) is 5.62. The Morgan fingerprint density at radius 2 is 2.06 bits per heavy atom. The monoisotopic (exact) mass is 238 g/mol. The van der Waals surface area contributed by atoms with Crippen molar-refractivity contribution in [2.75, 3.05) is 0 Å². The summed E-state index contributed by atoms with van der Waals surface area (Å²) in [4.78, 5) is 11.9. The van der Waals surface area contributed by atoms with Crippen LogP contribution in [0.15, 0.2) is 18.2 Å². The van der Waals surface area contributed by atoms with E-state index in [1.807, 2.05) is 25.1 Å². The summed E-state index contributed by atoms with van der Waals surface area (Å²) in [5, 5.41) is 0.608. The maximum atomic E-state index is 11.9. The van der Waals surface area contributed by atoms with Crippen molar-refractivity contribution in [2.45, 2.75) is 40.0 Å². The summed E-state index contributed by atoms with van der Waals surface area (Å²) in [5.41, 5.74) is 1.64. The van der Waals surface area contributed by atoms with Crippen molar-refractivity contribution in [1.29, 1.82) is 0 Å². The van der Waals surface area contributed by atoms with Gasteiger partial charge in [-0.15, -0.1) is 0 Å². The Bertz CT molecular complexity index is 369. The van der Waals surface area contributed by atoms with Gasteiger partial charge < -0.3 is 0 Å². The van der Waals surface area contributed by atoms with E-state index in [9.17, 15) is 4.79 Å². The minimum absolute atomic E-state index is 0.161. The summed E-state index contributed by atoms with van der Waals surface area (Å²) in [6.45, 7) is 6.27. The van der Waals surface area contributed by atoms with Crippen LogP contribution in [-0.2, 0) is 0 Å². The van der Waals surface area contributed by atoms with Gasteiger partial charge in [0.05, 0.1) is 5.02 Å². The highest BCUT2D eigenvalue weighted by Crippen LogP contribution is 2.22. The van der Waals surface area contributed by atoms with E-state index in [2.05, 4.69) is 13.8 Å². The zero-order valence-electron chi connectivity index (χ0n) is 10.2.